The second kappa shape index (κ2) is 6.54. The van der Waals surface area contributed by atoms with Crippen LogP contribution in [0.4, 0.5) is 5.69 Å². The fourth-order valence-corrected chi connectivity index (χ4v) is 2.31. The van der Waals surface area contributed by atoms with E-state index in [4.69, 9.17) is 34.3 Å². The molecule has 1 aromatic heterocycles. The maximum Gasteiger partial charge on any atom is 0.212 e. The SMILES string of the molecule is COc1ccc(CNc2cccc(Cl)c2C(N)=S)cn1. The minimum absolute atomic E-state index is 0.269. The zero-order chi connectivity index (χ0) is 14.5. The second-order valence-corrected chi connectivity index (χ2v) is 4.94. The van der Waals surface area contributed by atoms with Gasteiger partial charge < -0.3 is 15.8 Å². The molecule has 0 radical (unpaired) electrons. The van der Waals surface area contributed by atoms with Crippen LogP contribution in [0.2, 0.25) is 5.02 Å². The number of nitrogens with one attached hydrogen (secondary N) is 1. The number of hydrogen-bond donors (Lipinski definition) is 2. The number of rotatable bonds is 5. The van der Waals surface area contributed by atoms with E-state index in [2.05, 4.69) is 10.3 Å². The van der Waals surface area contributed by atoms with Crippen molar-refractivity contribution in [3.63, 3.8) is 0 Å². The van der Waals surface area contributed by atoms with Crippen molar-refractivity contribution in [3.05, 3.63) is 52.7 Å². The molecule has 0 amide bonds. The fraction of sp³-hybridized carbons (Fsp3) is 0.143. The molecule has 6 heteroatoms. The van der Waals surface area contributed by atoms with E-state index in [1.165, 1.54) is 0 Å². The molecule has 2 rings (SSSR count). The molecule has 0 aliphatic carbocycles. The molecule has 0 spiro atoms. The van der Waals surface area contributed by atoms with Crippen LogP contribution in [0.1, 0.15) is 11.1 Å². The minimum atomic E-state index is 0.269. The molecule has 0 unspecified atom stereocenters. The summed E-state index contributed by atoms with van der Waals surface area (Å²) in [6, 6.07) is 9.24. The summed E-state index contributed by atoms with van der Waals surface area (Å²) in [5.41, 5.74) is 8.18. The van der Waals surface area contributed by atoms with Crippen molar-refractivity contribution in [1.82, 2.24) is 4.98 Å². The van der Waals surface area contributed by atoms with Crippen LogP contribution in [-0.4, -0.2) is 17.1 Å². The van der Waals surface area contributed by atoms with E-state index in [9.17, 15) is 0 Å². The molecule has 0 atom stereocenters. The Morgan fingerprint density at radius 1 is 1.40 bits per heavy atom. The molecule has 0 fully saturated rings. The Morgan fingerprint density at radius 2 is 2.20 bits per heavy atom. The van der Waals surface area contributed by atoms with Crippen molar-refractivity contribution in [2.75, 3.05) is 12.4 Å². The number of benzene rings is 1. The van der Waals surface area contributed by atoms with E-state index in [0.717, 1.165) is 11.3 Å². The molecule has 1 aromatic carbocycles. The monoisotopic (exact) mass is 307 g/mol. The first-order valence-electron chi connectivity index (χ1n) is 5.93. The van der Waals surface area contributed by atoms with E-state index < -0.39 is 0 Å². The number of thiocarbonyl (C=S) groups is 1. The number of halogens is 1. The van der Waals surface area contributed by atoms with Crippen LogP contribution < -0.4 is 15.8 Å². The van der Waals surface area contributed by atoms with Gasteiger partial charge in [-0.1, -0.05) is 36.0 Å². The first-order chi connectivity index (χ1) is 9.61. The maximum atomic E-state index is 6.11. The number of nitrogens with two attached hydrogens (primary N) is 1. The number of anilines is 1. The lowest BCUT2D eigenvalue weighted by Gasteiger charge is -2.12. The third-order valence-electron chi connectivity index (χ3n) is 2.75. The molecule has 20 heavy (non-hydrogen) atoms. The summed E-state index contributed by atoms with van der Waals surface area (Å²) >= 11 is 11.1. The Balaban J connectivity index is 2.14. The summed E-state index contributed by atoms with van der Waals surface area (Å²) in [5.74, 6) is 0.584. The van der Waals surface area contributed by atoms with Crippen molar-refractivity contribution < 1.29 is 4.74 Å². The first kappa shape index (κ1) is 14.6. The van der Waals surface area contributed by atoms with Gasteiger partial charge >= 0.3 is 0 Å². The summed E-state index contributed by atoms with van der Waals surface area (Å²) in [5, 5.41) is 3.79. The van der Waals surface area contributed by atoms with Gasteiger partial charge in [0.05, 0.1) is 17.7 Å². The van der Waals surface area contributed by atoms with Crippen molar-refractivity contribution in [2.24, 2.45) is 5.73 Å². The van der Waals surface area contributed by atoms with Crippen LogP contribution in [0.5, 0.6) is 5.88 Å². The summed E-state index contributed by atoms with van der Waals surface area (Å²) < 4.78 is 5.02. The van der Waals surface area contributed by atoms with Crippen LogP contribution in [0.15, 0.2) is 36.5 Å². The van der Waals surface area contributed by atoms with Crippen molar-refractivity contribution in [2.45, 2.75) is 6.54 Å². The molecule has 0 aliphatic rings. The van der Waals surface area contributed by atoms with Crippen LogP contribution in [-0.2, 0) is 6.54 Å². The Morgan fingerprint density at radius 3 is 2.80 bits per heavy atom. The van der Waals surface area contributed by atoms with Crippen LogP contribution in [0, 0.1) is 0 Å². The lowest BCUT2D eigenvalue weighted by Crippen LogP contribution is -2.14. The third-order valence-corrected chi connectivity index (χ3v) is 3.27. The van der Waals surface area contributed by atoms with Crippen LogP contribution >= 0.6 is 23.8 Å². The number of nitrogens with zero attached hydrogens (tertiary/aromatic N) is 1. The quantitative estimate of drug-likeness (QED) is 0.832. The molecule has 0 aliphatic heterocycles. The van der Waals surface area contributed by atoms with Gasteiger partial charge in [0, 0.05) is 24.5 Å². The highest BCUT2D eigenvalue weighted by Crippen LogP contribution is 2.24. The van der Waals surface area contributed by atoms with Gasteiger partial charge in [0.2, 0.25) is 5.88 Å². The average Bonchev–Trinajstić information content (AvgIpc) is 2.45. The highest BCUT2D eigenvalue weighted by Gasteiger charge is 2.09. The Labute approximate surface area is 127 Å². The molecular formula is C14H14ClN3OS. The van der Waals surface area contributed by atoms with Crippen LogP contribution in [0.3, 0.4) is 0 Å². The largest absolute Gasteiger partial charge is 0.481 e. The fourth-order valence-electron chi connectivity index (χ4n) is 1.76. The number of ether oxygens (including phenoxy) is 1. The third kappa shape index (κ3) is 3.37. The molecule has 1 heterocycles. The predicted octanol–water partition coefficient (Wildman–Crippen LogP) is 2.99. The van der Waals surface area contributed by atoms with E-state index in [0.29, 0.717) is 23.0 Å². The first-order valence-corrected chi connectivity index (χ1v) is 6.71. The predicted molar refractivity (Wildman–Crippen MR) is 85.5 cm³/mol. The molecule has 0 bridgehead atoms. The van der Waals surface area contributed by atoms with Crippen molar-refractivity contribution >= 4 is 34.5 Å². The highest BCUT2D eigenvalue weighted by molar-refractivity contribution is 7.80. The number of hydrogen-bond acceptors (Lipinski definition) is 4. The normalized spacial score (nSPS) is 10.1. The lowest BCUT2D eigenvalue weighted by atomic mass is 10.1. The maximum absolute atomic E-state index is 6.11. The van der Waals surface area contributed by atoms with Gasteiger partial charge in [-0.15, -0.1) is 0 Å². The summed E-state index contributed by atoms with van der Waals surface area (Å²) in [6.07, 6.45) is 1.75. The molecule has 2 aromatic rings. The zero-order valence-electron chi connectivity index (χ0n) is 10.9. The number of pyridine rings is 1. The highest BCUT2D eigenvalue weighted by atomic mass is 35.5. The van der Waals surface area contributed by atoms with E-state index in [1.54, 1.807) is 19.4 Å². The number of methoxy groups -OCH3 is 1. The van der Waals surface area contributed by atoms with Gasteiger partial charge in [-0.3, -0.25) is 0 Å². The summed E-state index contributed by atoms with van der Waals surface area (Å²) in [6.45, 7) is 0.590. The summed E-state index contributed by atoms with van der Waals surface area (Å²) in [7, 11) is 1.58. The molecule has 0 saturated heterocycles. The van der Waals surface area contributed by atoms with Crippen LogP contribution in [0.25, 0.3) is 0 Å². The molecule has 0 saturated carbocycles. The molecular weight excluding hydrogens is 294 g/mol. The van der Waals surface area contributed by atoms with Gasteiger partial charge in [-0.25, -0.2) is 4.98 Å². The Bertz CT molecular complexity index is 616. The average molecular weight is 308 g/mol. The van der Waals surface area contributed by atoms with Crippen molar-refractivity contribution in [1.29, 1.82) is 0 Å². The van der Waals surface area contributed by atoms with E-state index in [1.807, 2.05) is 24.3 Å². The molecule has 104 valence electrons. The van der Waals surface area contributed by atoms with Gasteiger partial charge in [-0.05, 0) is 17.7 Å². The summed E-state index contributed by atoms with van der Waals surface area (Å²) in [4.78, 5) is 4.42. The molecule has 3 N–H and O–H groups in total. The minimum Gasteiger partial charge on any atom is -0.481 e. The van der Waals surface area contributed by atoms with E-state index >= 15 is 0 Å². The van der Waals surface area contributed by atoms with Crippen molar-refractivity contribution in [3.8, 4) is 5.88 Å². The lowest BCUT2D eigenvalue weighted by molar-refractivity contribution is 0.397. The van der Waals surface area contributed by atoms with Gasteiger partial charge in [-0.2, -0.15) is 0 Å². The van der Waals surface area contributed by atoms with E-state index in [-0.39, 0.29) is 4.99 Å². The smallest absolute Gasteiger partial charge is 0.212 e. The Kier molecular flexibility index (Phi) is 4.76. The van der Waals surface area contributed by atoms with Gasteiger partial charge in [0.15, 0.2) is 0 Å². The second-order valence-electron chi connectivity index (χ2n) is 4.09. The standard InChI is InChI=1S/C14H14ClN3OS/c1-19-12-6-5-9(8-18-12)7-17-11-4-2-3-10(15)13(11)14(16)20/h2-6,8,17H,7H2,1H3,(H2,16,20). The topological polar surface area (TPSA) is 60.2 Å². The molecule has 4 nitrogen and oxygen atoms in total. The number of aromatic nitrogens is 1. The Hall–Kier alpha value is -1.85. The van der Waals surface area contributed by atoms with Gasteiger partial charge in [0.25, 0.3) is 0 Å². The zero-order valence-corrected chi connectivity index (χ0v) is 12.5. The van der Waals surface area contributed by atoms with Gasteiger partial charge in [0.1, 0.15) is 4.99 Å².